The number of carbonyl (C=O) groups excluding carboxylic acids is 1. The van der Waals surface area contributed by atoms with Crippen LogP contribution in [0.1, 0.15) is 46.5 Å². The number of aliphatic hydroxyl groups is 1. The Labute approximate surface area is 200 Å². The van der Waals surface area contributed by atoms with Crippen LogP contribution in [0.2, 0.25) is 0 Å². The Balaban J connectivity index is 1.48. The molecule has 3 aliphatic heterocycles. The molecule has 2 N–H and O–H groups in total. The second-order valence-corrected chi connectivity index (χ2v) is 11.2. The lowest BCUT2D eigenvalue weighted by Gasteiger charge is -2.30. The van der Waals surface area contributed by atoms with Crippen molar-refractivity contribution in [1.29, 1.82) is 0 Å². The Kier molecular flexibility index (Phi) is 5.94. The fourth-order valence-electron chi connectivity index (χ4n) is 5.09. The average molecular weight is 516 g/mol. The number of aliphatic hydroxyl groups excluding tert-OH is 1. The van der Waals surface area contributed by atoms with E-state index in [1.165, 1.54) is 6.07 Å². The van der Waals surface area contributed by atoms with Gasteiger partial charge < -0.3 is 15.3 Å². The van der Waals surface area contributed by atoms with E-state index in [1.807, 2.05) is 4.31 Å². The van der Waals surface area contributed by atoms with E-state index in [1.54, 1.807) is 11.2 Å². The summed E-state index contributed by atoms with van der Waals surface area (Å²) >= 11 is 1.09. The number of alkyl halides is 3. The molecule has 2 unspecified atom stereocenters. The van der Waals surface area contributed by atoms with E-state index >= 15 is 0 Å². The molecule has 2 atom stereocenters. The lowest BCUT2D eigenvalue weighted by Crippen LogP contribution is -2.41. The van der Waals surface area contributed by atoms with Crippen LogP contribution in [-0.4, -0.2) is 72.9 Å². The van der Waals surface area contributed by atoms with Crippen molar-refractivity contribution in [3.05, 3.63) is 28.3 Å². The Morgan fingerprint density at radius 1 is 1.32 bits per heavy atom. The first kappa shape index (κ1) is 23.6. The Morgan fingerprint density at radius 2 is 2.06 bits per heavy atom. The minimum Gasteiger partial charge on any atom is -0.394 e. The molecule has 0 bridgehead atoms. The van der Waals surface area contributed by atoms with Gasteiger partial charge in [0.05, 0.1) is 33.7 Å². The summed E-state index contributed by atoms with van der Waals surface area (Å²) in [6, 6.07) is 1.41. The summed E-state index contributed by atoms with van der Waals surface area (Å²) in [4.78, 5) is 23.5. The van der Waals surface area contributed by atoms with Gasteiger partial charge >= 0.3 is 6.18 Å². The number of anilines is 1. The van der Waals surface area contributed by atoms with Crippen LogP contribution in [0, 0.1) is 0 Å². The number of nitrogens with zero attached hydrogens (tertiary/aromatic N) is 4. The number of amides is 1. The minimum absolute atomic E-state index is 0.0518. The maximum atomic E-state index is 13.8. The monoisotopic (exact) mass is 515 g/mol. The topological polar surface area (TPSA) is 98.7 Å². The summed E-state index contributed by atoms with van der Waals surface area (Å²) in [5.41, 5.74) is -1.75. The normalized spacial score (nSPS) is 24.4. The number of rotatable bonds is 5. The van der Waals surface area contributed by atoms with Crippen molar-refractivity contribution in [2.45, 2.75) is 43.4 Å². The molecule has 2 fully saturated rings. The maximum absolute atomic E-state index is 13.8. The summed E-state index contributed by atoms with van der Waals surface area (Å²) in [6.45, 7) is 1.47. The number of thiophene rings is 1. The van der Waals surface area contributed by atoms with E-state index in [2.05, 4.69) is 15.3 Å². The van der Waals surface area contributed by atoms with E-state index in [-0.39, 0.29) is 35.1 Å². The number of piperidine rings is 1. The van der Waals surface area contributed by atoms with Crippen LogP contribution in [0.5, 0.6) is 0 Å². The number of halogens is 3. The highest BCUT2D eigenvalue weighted by Crippen LogP contribution is 2.52. The van der Waals surface area contributed by atoms with Crippen molar-refractivity contribution < 1.29 is 27.3 Å². The third-order valence-corrected chi connectivity index (χ3v) is 9.29. The quantitative estimate of drug-likeness (QED) is 0.636. The Bertz CT molecular complexity index is 1150. The third-order valence-electron chi connectivity index (χ3n) is 6.86. The molecule has 8 nitrogen and oxygen atoms in total. The minimum atomic E-state index is -4.67. The number of aromatic nitrogens is 2. The highest BCUT2D eigenvalue weighted by Gasteiger charge is 2.53. The van der Waals surface area contributed by atoms with Crippen LogP contribution < -0.4 is 5.32 Å². The van der Waals surface area contributed by atoms with Gasteiger partial charge in [-0.25, -0.2) is 18.5 Å². The standard InChI is InChI=1S/C21H24F3N5O3S2/c1-34(32)28-7-3-12(4-8-28)26-19-25-10-14(21(22,23)24)16(27-19)15-9-13-17(33-15)20(11-30)5-2-6-29(20)18(13)31/h9-10,12,30H,2-8,11H2,1H3,(H,25,26,27). The fraction of sp³-hybridized carbons (Fsp3) is 0.571. The molecule has 2 saturated heterocycles. The van der Waals surface area contributed by atoms with Gasteiger partial charge in [0, 0.05) is 43.0 Å². The smallest absolute Gasteiger partial charge is 0.394 e. The zero-order valence-corrected chi connectivity index (χ0v) is 20.0. The van der Waals surface area contributed by atoms with Crippen molar-refractivity contribution in [2.24, 2.45) is 0 Å². The van der Waals surface area contributed by atoms with Crippen LogP contribution in [0.15, 0.2) is 12.3 Å². The molecule has 2 aromatic rings. The number of fused-ring (bicyclic) bond motifs is 3. The van der Waals surface area contributed by atoms with Gasteiger partial charge in [-0.2, -0.15) is 13.2 Å². The summed E-state index contributed by atoms with van der Waals surface area (Å²) in [5, 5.41) is 13.2. The van der Waals surface area contributed by atoms with Crippen LogP contribution in [0.4, 0.5) is 19.1 Å². The average Bonchev–Trinajstić information content (AvgIpc) is 3.47. The molecule has 0 radical (unpaired) electrons. The van der Waals surface area contributed by atoms with Gasteiger partial charge in [-0.05, 0) is 31.7 Å². The van der Waals surface area contributed by atoms with Gasteiger partial charge in [0.25, 0.3) is 5.91 Å². The van der Waals surface area contributed by atoms with Crippen LogP contribution in [0.25, 0.3) is 10.6 Å². The molecule has 0 spiro atoms. The maximum Gasteiger partial charge on any atom is 0.420 e. The summed E-state index contributed by atoms with van der Waals surface area (Å²) in [6.07, 6.45) is 0.360. The predicted molar refractivity (Wildman–Crippen MR) is 122 cm³/mol. The number of carbonyl (C=O) groups is 1. The number of hydrogen-bond acceptors (Lipinski definition) is 7. The van der Waals surface area contributed by atoms with Gasteiger partial charge in [0.2, 0.25) is 5.95 Å². The van der Waals surface area contributed by atoms with Crippen LogP contribution in [-0.2, 0) is 22.7 Å². The summed E-state index contributed by atoms with van der Waals surface area (Å²) in [7, 11) is -1.06. The van der Waals surface area contributed by atoms with E-state index in [9.17, 15) is 27.3 Å². The van der Waals surface area contributed by atoms with Crippen LogP contribution >= 0.6 is 11.3 Å². The van der Waals surface area contributed by atoms with Gasteiger partial charge in [0.15, 0.2) is 0 Å². The summed E-state index contributed by atoms with van der Waals surface area (Å²) in [5.74, 6) is -0.177. The van der Waals surface area contributed by atoms with Gasteiger partial charge in [-0.15, -0.1) is 11.3 Å². The molecule has 5 heterocycles. The van der Waals surface area contributed by atoms with E-state index in [4.69, 9.17) is 0 Å². The van der Waals surface area contributed by atoms with E-state index < -0.39 is 28.3 Å². The molecule has 3 aliphatic rings. The zero-order valence-electron chi connectivity index (χ0n) is 18.4. The lowest BCUT2D eigenvalue weighted by atomic mass is 9.96. The van der Waals surface area contributed by atoms with E-state index in [0.717, 1.165) is 24.0 Å². The van der Waals surface area contributed by atoms with Crippen molar-refractivity contribution in [1.82, 2.24) is 19.2 Å². The van der Waals surface area contributed by atoms with Crippen molar-refractivity contribution >= 4 is 34.2 Å². The van der Waals surface area contributed by atoms with Crippen molar-refractivity contribution in [2.75, 3.05) is 37.8 Å². The highest BCUT2D eigenvalue weighted by atomic mass is 32.2. The molecule has 184 valence electrons. The second-order valence-electron chi connectivity index (χ2n) is 8.83. The third kappa shape index (κ3) is 3.82. The predicted octanol–water partition coefficient (Wildman–Crippen LogP) is 2.83. The Morgan fingerprint density at radius 3 is 2.71 bits per heavy atom. The largest absolute Gasteiger partial charge is 0.420 e. The summed E-state index contributed by atoms with van der Waals surface area (Å²) < 4.78 is 55.0. The molecular formula is C21H24F3N5O3S2. The fourth-order valence-corrected chi connectivity index (χ4v) is 7.19. The SMILES string of the molecule is CS(=O)N1CCC(Nc2ncc(C(F)(F)F)c(-c3cc4c(s3)C3(CO)CCCN3C4=O)n2)CC1. The van der Waals surface area contributed by atoms with Gasteiger partial charge in [0.1, 0.15) is 11.1 Å². The highest BCUT2D eigenvalue weighted by molar-refractivity contribution is 7.81. The van der Waals surface area contributed by atoms with Crippen molar-refractivity contribution in [3.63, 3.8) is 0 Å². The van der Waals surface area contributed by atoms with Gasteiger partial charge in [-0.3, -0.25) is 4.79 Å². The molecular weight excluding hydrogens is 491 g/mol. The first-order valence-corrected chi connectivity index (χ1v) is 13.3. The molecule has 0 saturated carbocycles. The second kappa shape index (κ2) is 8.54. The number of hydrogen-bond donors (Lipinski definition) is 2. The molecule has 0 aliphatic carbocycles. The van der Waals surface area contributed by atoms with E-state index in [0.29, 0.717) is 49.3 Å². The lowest BCUT2D eigenvalue weighted by molar-refractivity contribution is -0.137. The zero-order chi connectivity index (χ0) is 24.3. The first-order valence-electron chi connectivity index (χ1n) is 11.0. The molecule has 5 rings (SSSR count). The molecule has 0 aromatic carbocycles. The molecule has 2 aromatic heterocycles. The van der Waals surface area contributed by atoms with Crippen molar-refractivity contribution in [3.8, 4) is 10.6 Å². The van der Waals surface area contributed by atoms with Gasteiger partial charge in [-0.1, -0.05) is 0 Å². The van der Waals surface area contributed by atoms with Crippen LogP contribution in [0.3, 0.4) is 0 Å². The number of nitrogens with one attached hydrogen (secondary N) is 1. The molecule has 1 amide bonds. The molecule has 13 heteroatoms. The molecule has 34 heavy (non-hydrogen) atoms. The first-order chi connectivity index (χ1) is 16.1. The Hall–Kier alpha value is -2.09.